The molecule has 0 radical (unpaired) electrons. The fourth-order valence-electron chi connectivity index (χ4n) is 2.13. The molecule has 0 fully saturated rings. The van der Waals surface area contributed by atoms with Crippen molar-refractivity contribution in [3.05, 3.63) is 33.8 Å². The number of aliphatic hydroxyl groups is 1. The molecule has 1 aromatic rings. The van der Waals surface area contributed by atoms with Gasteiger partial charge in [-0.1, -0.05) is 48.7 Å². The standard InChI is InChI=1S/C15H22BrNO2/c1-4-11(5-2)14(18)9-17-15(19)13-8-12(16)7-6-10(13)3/h6-8,11,14,18H,4-5,9H2,1-3H3,(H,17,19). The van der Waals surface area contributed by atoms with E-state index < -0.39 is 6.10 Å². The van der Waals surface area contributed by atoms with Crippen LogP contribution >= 0.6 is 15.9 Å². The average Bonchev–Trinajstić information content (AvgIpc) is 2.40. The molecule has 1 aromatic carbocycles. The lowest BCUT2D eigenvalue weighted by Gasteiger charge is -2.20. The van der Waals surface area contributed by atoms with Gasteiger partial charge in [0.1, 0.15) is 0 Å². The summed E-state index contributed by atoms with van der Waals surface area (Å²) >= 11 is 3.36. The molecule has 0 saturated carbocycles. The van der Waals surface area contributed by atoms with Gasteiger partial charge in [-0.3, -0.25) is 4.79 Å². The molecule has 0 spiro atoms. The van der Waals surface area contributed by atoms with Crippen molar-refractivity contribution in [1.82, 2.24) is 5.32 Å². The van der Waals surface area contributed by atoms with Gasteiger partial charge in [0.05, 0.1) is 6.10 Å². The Hall–Kier alpha value is -0.870. The number of benzene rings is 1. The number of amides is 1. The largest absolute Gasteiger partial charge is 0.391 e. The van der Waals surface area contributed by atoms with Crippen molar-refractivity contribution in [3.8, 4) is 0 Å². The van der Waals surface area contributed by atoms with Crippen LogP contribution in [0.5, 0.6) is 0 Å². The summed E-state index contributed by atoms with van der Waals surface area (Å²) in [6.45, 7) is 6.31. The highest BCUT2D eigenvalue weighted by molar-refractivity contribution is 9.10. The lowest BCUT2D eigenvalue weighted by Crippen LogP contribution is -2.36. The zero-order valence-electron chi connectivity index (χ0n) is 11.7. The minimum atomic E-state index is -0.480. The summed E-state index contributed by atoms with van der Waals surface area (Å²) in [5.41, 5.74) is 1.57. The van der Waals surface area contributed by atoms with Gasteiger partial charge < -0.3 is 10.4 Å². The summed E-state index contributed by atoms with van der Waals surface area (Å²) in [4.78, 5) is 12.1. The molecule has 4 heteroatoms. The molecule has 0 aliphatic heterocycles. The Morgan fingerprint density at radius 3 is 2.58 bits per heavy atom. The Bertz CT molecular complexity index is 430. The molecule has 0 aliphatic carbocycles. The van der Waals surface area contributed by atoms with Crippen LogP contribution < -0.4 is 5.32 Å². The zero-order valence-corrected chi connectivity index (χ0v) is 13.3. The van der Waals surface area contributed by atoms with Gasteiger partial charge in [0.2, 0.25) is 0 Å². The maximum atomic E-state index is 12.1. The van der Waals surface area contributed by atoms with E-state index in [9.17, 15) is 9.90 Å². The minimum absolute atomic E-state index is 0.135. The van der Waals surface area contributed by atoms with Crippen molar-refractivity contribution < 1.29 is 9.90 Å². The fraction of sp³-hybridized carbons (Fsp3) is 0.533. The van der Waals surface area contributed by atoms with Gasteiger partial charge in [-0.25, -0.2) is 0 Å². The van der Waals surface area contributed by atoms with E-state index in [0.29, 0.717) is 12.1 Å². The highest BCUT2D eigenvalue weighted by Crippen LogP contribution is 2.16. The lowest BCUT2D eigenvalue weighted by molar-refractivity contribution is 0.0816. The highest BCUT2D eigenvalue weighted by atomic mass is 79.9. The van der Waals surface area contributed by atoms with Gasteiger partial charge in [-0.2, -0.15) is 0 Å². The number of nitrogens with one attached hydrogen (secondary N) is 1. The second kappa shape index (κ2) is 7.65. The molecule has 0 bridgehead atoms. The van der Waals surface area contributed by atoms with Gasteiger partial charge in [0.25, 0.3) is 5.91 Å². The molecule has 0 aromatic heterocycles. The van der Waals surface area contributed by atoms with Gasteiger partial charge in [-0.15, -0.1) is 0 Å². The van der Waals surface area contributed by atoms with Crippen LogP contribution in [0.3, 0.4) is 0 Å². The van der Waals surface area contributed by atoms with Gasteiger partial charge in [0, 0.05) is 16.6 Å². The molecular formula is C15H22BrNO2. The first kappa shape index (κ1) is 16.2. The Labute approximate surface area is 123 Å². The molecule has 1 atom stereocenters. The van der Waals surface area contributed by atoms with E-state index >= 15 is 0 Å². The summed E-state index contributed by atoms with van der Waals surface area (Å²) in [7, 11) is 0. The molecular weight excluding hydrogens is 306 g/mol. The van der Waals surface area contributed by atoms with E-state index in [1.807, 2.05) is 19.1 Å². The van der Waals surface area contributed by atoms with E-state index in [0.717, 1.165) is 22.9 Å². The normalized spacial score (nSPS) is 12.5. The fourth-order valence-corrected chi connectivity index (χ4v) is 2.49. The summed E-state index contributed by atoms with van der Waals surface area (Å²) in [5, 5.41) is 12.8. The molecule has 0 heterocycles. The first-order valence-corrected chi connectivity index (χ1v) is 7.51. The number of hydrogen-bond donors (Lipinski definition) is 2. The molecule has 19 heavy (non-hydrogen) atoms. The first-order valence-electron chi connectivity index (χ1n) is 6.72. The predicted molar refractivity (Wildman–Crippen MR) is 81.3 cm³/mol. The van der Waals surface area contributed by atoms with Crippen LogP contribution in [0.4, 0.5) is 0 Å². The number of carbonyl (C=O) groups is 1. The van der Waals surface area contributed by atoms with E-state index in [1.165, 1.54) is 0 Å². The third-order valence-corrected chi connectivity index (χ3v) is 4.00. The Morgan fingerprint density at radius 1 is 1.37 bits per heavy atom. The zero-order chi connectivity index (χ0) is 14.4. The summed E-state index contributed by atoms with van der Waals surface area (Å²) in [6, 6.07) is 5.61. The minimum Gasteiger partial charge on any atom is -0.391 e. The number of aryl methyl sites for hydroxylation is 1. The van der Waals surface area contributed by atoms with Crippen molar-refractivity contribution in [3.63, 3.8) is 0 Å². The van der Waals surface area contributed by atoms with E-state index in [4.69, 9.17) is 0 Å². The van der Waals surface area contributed by atoms with E-state index in [2.05, 4.69) is 35.1 Å². The van der Waals surface area contributed by atoms with Crippen LogP contribution in [0.2, 0.25) is 0 Å². The van der Waals surface area contributed by atoms with Gasteiger partial charge >= 0.3 is 0 Å². The van der Waals surface area contributed by atoms with Crippen LogP contribution in [-0.4, -0.2) is 23.7 Å². The third kappa shape index (κ3) is 4.62. The quantitative estimate of drug-likeness (QED) is 0.842. The lowest BCUT2D eigenvalue weighted by atomic mass is 9.96. The van der Waals surface area contributed by atoms with E-state index in [-0.39, 0.29) is 11.8 Å². The van der Waals surface area contributed by atoms with Crippen molar-refractivity contribution in [2.75, 3.05) is 6.54 Å². The molecule has 106 valence electrons. The predicted octanol–water partition coefficient (Wildman–Crippen LogP) is 3.28. The topological polar surface area (TPSA) is 49.3 Å². The number of rotatable bonds is 6. The van der Waals surface area contributed by atoms with Crippen molar-refractivity contribution in [1.29, 1.82) is 0 Å². The van der Waals surface area contributed by atoms with Crippen LogP contribution in [0.15, 0.2) is 22.7 Å². The molecule has 2 N–H and O–H groups in total. The van der Waals surface area contributed by atoms with Gasteiger partial charge in [0.15, 0.2) is 0 Å². The van der Waals surface area contributed by atoms with E-state index in [1.54, 1.807) is 6.07 Å². The molecule has 0 aliphatic rings. The Balaban J connectivity index is 2.63. The van der Waals surface area contributed by atoms with Crippen LogP contribution in [0.25, 0.3) is 0 Å². The molecule has 3 nitrogen and oxygen atoms in total. The highest BCUT2D eigenvalue weighted by Gasteiger charge is 2.17. The molecule has 0 saturated heterocycles. The number of carbonyl (C=O) groups excluding carboxylic acids is 1. The van der Waals surface area contributed by atoms with Crippen molar-refractivity contribution >= 4 is 21.8 Å². The first-order chi connectivity index (χ1) is 8.99. The monoisotopic (exact) mass is 327 g/mol. The van der Waals surface area contributed by atoms with Gasteiger partial charge in [-0.05, 0) is 30.5 Å². The third-order valence-electron chi connectivity index (χ3n) is 3.51. The van der Waals surface area contributed by atoms with Crippen molar-refractivity contribution in [2.24, 2.45) is 5.92 Å². The second-order valence-electron chi connectivity index (χ2n) is 4.81. The maximum absolute atomic E-state index is 12.1. The summed E-state index contributed by atoms with van der Waals surface area (Å²) in [6.07, 6.45) is 1.36. The maximum Gasteiger partial charge on any atom is 0.251 e. The molecule has 1 amide bonds. The second-order valence-corrected chi connectivity index (χ2v) is 5.73. The molecule has 1 unspecified atom stereocenters. The van der Waals surface area contributed by atoms with Crippen LogP contribution in [0, 0.1) is 12.8 Å². The Kier molecular flexibility index (Phi) is 6.52. The smallest absolute Gasteiger partial charge is 0.251 e. The van der Waals surface area contributed by atoms with Crippen molar-refractivity contribution in [2.45, 2.75) is 39.7 Å². The van der Waals surface area contributed by atoms with Crippen LogP contribution in [-0.2, 0) is 0 Å². The van der Waals surface area contributed by atoms with Crippen LogP contribution in [0.1, 0.15) is 42.6 Å². The number of aliphatic hydroxyl groups excluding tert-OH is 1. The SMILES string of the molecule is CCC(CC)C(O)CNC(=O)c1cc(Br)ccc1C. The Morgan fingerprint density at radius 2 is 2.00 bits per heavy atom. The number of hydrogen-bond acceptors (Lipinski definition) is 2. The molecule has 1 rings (SSSR count). The average molecular weight is 328 g/mol. The summed E-state index contributed by atoms with van der Waals surface area (Å²) < 4.78 is 0.879. The summed E-state index contributed by atoms with van der Waals surface area (Å²) in [5.74, 6) is 0.104. The number of halogens is 1.